The molecule has 1 aliphatic heterocycles. The summed E-state index contributed by atoms with van der Waals surface area (Å²) >= 11 is 0. The number of carbonyl (C=O) groups excluding carboxylic acids is 1. The molecule has 3 rings (SSSR count). The molecule has 2 heterocycles. The molecule has 0 saturated heterocycles. The van der Waals surface area contributed by atoms with E-state index in [9.17, 15) is 4.79 Å². The van der Waals surface area contributed by atoms with E-state index in [2.05, 4.69) is 4.98 Å². The number of benzene rings is 1. The van der Waals surface area contributed by atoms with Gasteiger partial charge in [-0.15, -0.1) is 0 Å². The van der Waals surface area contributed by atoms with Crippen molar-refractivity contribution in [3.8, 4) is 5.75 Å². The number of hydrogen-bond donors (Lipinski definition) is 0. The van der Waals surface area contributed by atoms with Crippen LogP contribution in [-0.4, -0.2) is 10.8 Å². The number of ether oxygens (including phenoxy) is 1. The Labute approximate surface area is 98.4 Å². The van der Waals surface area contributed by atoms with E-state index in [1.165, 1.54) is 0 Å². The fraction of sp³-hybridized carbons (Fsp3) is 0. The Kier molecular flexibility index (Phi) is 2.22. The van der Waals surface area contributed by atoms with Crippen molar-refractivity contribution in [2.45, 2.75) is 0 Å². The van der Waals surface area contributed by atoms with E-state index >= 15 is 0 Å². The van der Waals surface area contributed by atoms with Crippen molar-refractivity contribution >= 4 is 11.9 Å². The van der Waals surface area contributed by atoms with E-state index in [1.54, 1.807) is 30.6 Å². The maximum Gasteiger partial charge on any atom is 0.231 e. The third kappa shape index (κ3) is 1.72. The van der Waals surface area contributed by atoms with Gasteiger partial charge in [0.2, 0.25) is 5.78 Å². The summed E-state index contributed by atoms with van der Waals surface area (Å²) in [6.45, 7) is 0. The molecule has 0 spiro atoms. The monoisotopic (exact) mass is 223 g/mol. The molecular weight excluding hydrogens is 214 g/mol. The highest BCUT2D eigenvalue weighted by Gasteiger charge is 2.26. The van der Waals surface area contributed by atoms with Crippen LogP contribution >= 0.6 is 0 Å². The molecule has 82 valence electrons. The Morgan fingerprint density at radius 3 is 2.59 bits per heavy atom. The second-order valence-electron chi connectivity index (χ2n) is 3.72. The van der Waals surface area contributed by atoms with Crippen LogP contribution in [0.2, 0.25) is 0 Å². The fourth-order valence-corrected chi connectivity index (χ4v) is 1.75. The van der Waals surface area contributed by atoms with Crippen LogP contribution in [0.3, 0.4) is 0 Å². The summed E-state index contributed by atoms with van der Waals surface area (Å²) in [5.74, 6) is 0.910. The highest BCUT2D eigenvalue weighted by molar-refractivity contribution is 6.14. The predicted octanol–water partition coefficient (Wildman–Crippen LogP) is 2.70. The van der Waals surface area contributed by atoms with Crippen LogP contribution in [-0.2, 0) is 0 Å². The zero-order valence-corrected chi connectivity index (χ0v) is 8.96. The average molecular weight is 223 g/mol. The number of nitrogens with zero attached hydrogens (tertiary/aromatic N) is 1. The molecule has 0 aliphatic carbocycles. The lowest BCUT2D eigenvalue weighted by Crippen LogP contribution is -1.97. The molecule has 3 nitrogen and oxygen atoms in total. The molecule has 0 atom stereocenters. The number of rotatable bonds is 1. The first kappa shape index (κ1) is 9.78. The van der Waals surface area contributed by atoms with Crippen LogP contribution < -0.4 is 4.74 Å². The predicted molar refractivity (Wildman–Crippen MR) is 63.6 cm³/mol. The quantitative estimate of drug-likeness (QED) is 0.698. The van der Waals surface area contributed by atoms with E-state index in [0.717, 1.165) is 5.56 Å². The SMILES string of the molecule is O=C1/C(=C\c2ccncc2)Oc2ccccc21. The lowest BCUT2D eigenvalue weighted by atomic mass is 10.1. The van der Waals surface area contributed by atoms with Crippen molar-refractivity contribution < 1.29 is 9.53 Å². The minimum atomic E-state index is -0.0718. The van der Waals surface area contributed by atoms with E-state index in [4.69, 9.17) is 4.74 Å². The highest BCUT2D eigenvalue weighted by Crippen LogP contribution is 2.31. The maximum absolute atomic E-state index is 12.0. The first-order valence-corrected chi connectivity index (χ1v) is 5.28. The van der Waals surface area contributed by atoms with E-state index in [-0.39, 0.29) is 5.78 Å². The Morgan fingerprint density at radius 1 is 1.06 bits per heavy atom. The van der Waals surface area contributed by atoms with Crippen LogP contribution in [0.4, 0.5) is 0 Å². The summed E-state index contributed by atoms with van der Waals surface area (Å²) in [5, 5.41) is 0. The van der Waals surface area contributed by atoms with Crippen molar-refractivity contribution in [3.05, 3.63) is 65.7 Å². The number of allylic oxidation sites excluding steroid dienone is 1. The molecule has 1 aliphatic rings. The molecule has 0 radical (unpaired) electrons. The summed E-state index contributed by atoms with van der Waals surface area (Å²) in [6.07, 6.45) is 5.09. The van der Waals surface area contributed by atoms with Gasteiger partial charge in [0.25, 0.3) is 0 Å². The lowest BCUT2D eigenvalue weighted by molar-refractivity contribution is 0.101. The summed E-state index contributed by atoms with van der Waals surface area (Å²) in [5.41, 5.74) is 1.52. The Morgan fingerprint density at radius 2 is 1.82 bits per heavy atom. The minimum Gasteiger partial charge on any atom is -0.452 e. The number of carbonyl (C=O) groups is 1. The van der Waals surface area contributed by atoms with Crippen molar-refractivity contribution in [3.63, 3.8) is 0 Å². The number of Topliss-reactive ketones (excluding diaryl/α,β-unsaturated/α-hetero) is 1. The molecule has 3 heteroatoms. The van der Waals surface area contributed by atoms with Crippen LogP contribution in [0.25, 0.3) is 6.08 Å². The molecule has 2 aromatic rings. The molecule has 17 heavy (non-hydrogen) atoms. The zero-order chi connectivity index (χ0) is 11.7. The number of ketones is 1. The fourth-order valence-electron chi connectivity index (χ4n) is 1.75. The van der Waals surface area contributed by atoms with Gasteiger partial charge < -0.3 is 4.74 Å². The van der Waals surface area contributed by atoms with Gasteiger partial charge in [0.15, 0.2) is 5.76 Å². The third-order valence-electron chi connectivity index (χ3n) is 2.58. The lowest BCUT2D eigenvalue weighted by Gasteiger charge is -1.97. The number of para-hydroxylation sites is 1. The van der Waals surface area contributed by atoms with Crippen molar-refractivity contribution in [2.24, 2.45) is 0 Å². The molecule has 0 fully saturated rings. The van der Waals surface area contributed by atoms with Crippen molar-refractivity contribution in [1.29, 1.82) is 0 Å². The Bertz CT molecular complexity index is 603. The second kappa shape index (κ2) is 3.87. The van der Waals surface area contributed by atoms with Gasteiger partial charge in [-0.3, -0.25) is 9.78 Å². The first-order chi connectivity index (χ1) is 8.34. The van der Waals surface area contributed by atoms with Gasteiger partial charge in [-0.2, -0.15) is 0 Å². The van der Waals surface area contributed by atoms with Crippen LogP contribution in [0.1, 0.15) is 15.9 Å². The van der Waals surface area contributed by atoms with Crippen LogP contribution in [0, 0.1) is 0 Å². The molecule has 0 unspecified atom stereocenters. The Balaban J connectivity index is 2.00. The van der Waals surface area contributed by atoms with Crippen molar-refractivity contribution in [2.75, 3.05) is 0 Å². The molecule has 0 bridgehead atoms. The first-order valence-electron chi connectivity index (χ1n) is 5.28. The molecule has 1 aromatic heterocycles. The highest BCUT2D eigenvalue weighted by atomic mass is 16.5. The summed E-state index contributed by atoms with van der Waals surface area (Å²) < 4.78 is 5.51. The molecular formula is C14H9NO2. The average Bonchev–Trinajstić information content (AvgIpc) is 2.68. The summed E-state index contributed by atoms with van der Waals surface area (Å²) in [7, 11) is 0. The largest absolute Gasteiger partial charge is 0.452 e. The molecule has 0 N–H and O–H groups in total. The zero-order valence-electron chi connectivity index (χ0n) is 8.96. The molecule has 0 amide bonds. The smallest absolute Gasteiger partial charge is 0.231 e. The van der Waals surface area contributed by atoms with Gasteiger partial charge in [-0.05, 0) is 35.9 Å². The Hall–Kier alpha value is -2.42. The molecule has 0 saturated carbocycles. The van der Waals surface area contributed by atoms with Gasteiger partial charge in [-0.25, -0.2) is 0 Å². The standard InChI is InChI=1S/C14H9NO2/c16-14-11-3-1-2-4-12(11)17-13(14)9-10-5-7-15-8-6-10/h1-9H/b13-9+. The summed E-state index contributed by atoms with van der Waals surface area (Å²) in [4.78, 5) is 15.9. The number of hydrogen-bond acceptors (Lipinski definition) is 3. The van der Waals surface area contributed by atoms with E-state index < -0.39 is 0 Å². The minimum absolute atomic E-state index is 0.0718. The van der Waals surface area contributed by atoms with Gasteiger partial charge in [0.1, 0.15) is 5.75 Å². The topological polar surface area (TPSA) is 39.2 Å². The van der Waals surface area contributed by atoms with Crippen LogP contribution in [0.5, 0.6) is 5.75 Å². The normalized spacial score (nSPS) is 15.8. The third-order valence-corrected chi connectivity index (χ3v) is 2.58. The van der Waals surface area contributed by atoms with Crippen molar-refractivity contribution in [1.82, 2.24) is 4.98 Å². The van der Waals surface area contributed by atoms with Gasteiger partial charge in [0, 0.05) is 12.4 Å². The van der Waals surface area contributed by atoms with Crippen LogP contribution in [0.15, 0.2) is 54.6 Å². The molecule has 1 aromatic carbocycles. The number of pyridine rings is 1. The van der Waals surface area contributed by atoms with Gasteiger partial charge in [0.05, 0.1) is 5.56 Å². The van der Waals surface area contributed by atoms with Gasteiger partial charge >= 0.3 is 0 Å². The number of fused-ring (bicyclic) bond motifs is 1. The number of aromatic nitrogens is 1. The van der Waals surface area contributed by atoms with E-state index in [0.29, 0.717) is 17.1 Å². The summed E-state index contributed by atoms with van der Waals surface area (Å²) in [6, 6.07) is 10.9. The maximum atomic E-state index is 12.0. The van der Waals surface area contributed by atoms with E-state index in [1.807, 2.05) is 24.3 Å². The van der Waals surface area contributed by atoms with Gasteiger partial charge in [-0.1, -0.05) is 12.1 Å². The second-order valence-corrected chi connectivity index (χ2v) is 3.72.